The highest BCUT2D eigenvalue weighted by molar-refractivity contribution is 5.95. The number of carbonyl (C=O) groups excluding carboxylic acids is 1. The maximum Gasteiger partial charge on any atom is 0.350 e. The molecule has 0 fully saturated rings. The molecule has 3 aromatic rings. The van der Waals surface area contributed by atoms with Gasteiger partial charge >= 0.3 is 5.97 Å². The molecule has 32 heavy (non-hydrogen) atoms. The fourth-order valence-corrected chi connectivity index (χ4v) is 3.46. The van der Waals surface area contributed by atoms with E-state index in [1.807, 2.05) is 6.07 Å². The fraction of sp³-hybridized carbons (Fsp3) is 0.0435. The molecule has 0 aromatic heterocycles. The molecule has 0 radical (unpaired) electrons. The number of rotatable bonds is 4. The number of allylic oxidation sites excluding steroid dienone is 1. The third-order valence-electron chi connectivity index (χ3n) is 4.93. The van der Waals surface area contributed by atoms with Crippen LogP contribution >= 0.6 is 0 Å². The van der Waals surface area contributed by atoms with E-state index in [2.05, 4.69) is 0 Å². The molecule has 1 atom stereocenters. The van der Waals surface area contributed by atoms with Crippen LogP contribution in [0, 0.1) is 27.3 Å². The Bertz CT molecular complexity index is 1310. The zero-order valence-corrected chi connectivity index (χ0v) is 16.3. The Labute approximate surface area is 181 Å². The van der Waals surface area contributed by atoms with Crippen LogP contribution in [-0.4, -0.2) is 10.9 Å². The molecule has 158 valence electrons. The quantitative estimate of drug-likeness (QED) is 0.284. The number of nitro benzene ring substituents is 1. The van der Waals surface area contributed by atoms with Crippen LogP contribution in [0.25, 0.3) is 0 Å². The summed E-state index contributed by atoms with van der Waals surface area (Å²) in [5.41, 5.74) is 6.70. The zero-order valence-electron chi connectivity index (χ0n) is 16.3. The molecule has 1 aliphatic rings. The maximum atomic E-state index is 13.4. The van der Waals surface area contributed by atoms with Crippen molar-refractivity contribution in [3.05, 3.63) is 111 Å². The molecular formula is C23H14FN3O5. The summed E-state index contributed by atoms with van der Waals surface area (Å²) < 4.78 is 24.3. The second-order valence-corrected chi connectivity index (χ2v) is 6.84. The van der Waals surface area contributed by atoms with Gasteiger partial charge in [-0.05, 0) is 29.8 Å². The zero-order chi connectivity index (χ0) is 22.8. The van der Waals surface area contributed by atoms with Crippen molar-refractivity contribution in [3.63, 3.8) is 0 Å². The molecule has 0 spiro atoms. The third kappa shape index (κ3) is 3.73. The van der Waals surface area contributed by atoms with E-state index >= 15 is 0 Å². The molecule has 0 saturated heterocycles. The second kappa shape index (κ2) is 8.20. The second-order valence-electron chi connectivity index (χ2n) is 6.84. The molecule has 2 N–H and O–H groups in total. The van der Waals surface area contributed by atoms with Crippen LogP contribution in [-0.2, 0) is 0 Å². The molecule has 3 aromatic carbocycles. The van der Waals surface area contributed by atoms with Gasteiger partial charge in [-0.25, -0.2) is 9.18 Å². The molecule has 4 rings (SSSR count). The maximum absolute atomic E-state index is 13.4. The molecule has 0 aliphatic carbocycles. The summed E-state index contributed by atoms with van der Waals surface area (Å²) in [6.45, 7) is 0. The lowest BCUT2D eigenvalue weighted by Gasteiger charge is -2.26. The number of hydrogen-bond acceptors (Lipinski definition) is 7. The van der Waals surface area contributed by atoms with Crippen molar-refractivity contribution < 1.29 is 23.6 Å². The largest absolute Gasteiger partial charge is 0.440 e. The van der Waals surface area contributed by atoms with Crippen molar-refractivity contribution in [2.24, 2.45) is 5.73 Å². The Hall–Kier alpha value is -4.71. The van der Waals surface area contributed by atoms with E-state index < -0.39 is 22.6 Å². The number of halogens is 1. The number of hydrogen-bond donors (Lipinski definition) is 1. The van der Waals surface area contributed by atoms with Gasteiger partial charge in [0.05, 0.1) is 10.8 Å². The van der Waals surface area contributed by atoms with E-state index in [0.717, 1.165) is 0 Å². The van der Waals surface area contributed by atoms with Crippen LogP contribution in [0.5, 0.6) is 11.5 Å². The molecule has 1 unspecified atom stereocenters. The van der Waals surface area contributed by atoms with Gasteiger partial charge in [0, 0.05) is 17.7 Å². The highest BCUT2D eigenvalue weighted by Gasteiger charge is 2.31. The number of nitrogens with zero attached hydrogens (tertiary/aromatic N) is 2. The minimum absolute atomic E-state index is 0.0676. The predicted octanol–water partition coefficient (Wildman–Crippen LogP) is 4.17. The van der Waals surface area contributed by atoms with Gasteiger partial charge in [0.15, 0.2) is 0 Å². The van der Waals surface area contributed by atoms with E-state index in [1.165, 1.54) is 48.5 Å². The van der Waals surface area contributed by atoms with Gasteiger partial charge in [0.25, 0.3) is 5.69 Å². The fourth-order valence-electron chi connectivity index (χ4n) is 3.46. The number of esters is 1. The summed E-state index contributed by atoms with van der Waals surface area (Å²) in [4.78, 5) is 23.0. The van der Waals surface area contributed by atoms with E-state index in [0.29, 0.717) is 11.1 Å². The van der Waals surface area contributed by atoms with Gasteiger partial charge in [-0.1, -0.05) is 30.3 Å². The lowest BCUT2D eigenvalue weighted by atomic mass is 9.83. The SMILES string of the molecule is N#CC1=C(N)Oc2cc(OC(=O)c3ccccc3[N+](=O)[O-])ccc2C1c1ccc(F)cc1. The summed E-state index contributed by atoms with van der Waals surface area (Å²) in [5.74, 6) is -1.76. The molecule has 1 aliphatic heterocycles. The molecule has 1 heterocycles. The van der Waals surface area contributed by atoms with Gasteiger partial charge < -0.3 is 15.2 Å². The van der Waals surface area contributed by atoms with Crippen molar-refractivity contribution in [3.8, 4) is 17.6 Å². The van der Waals surface area contributed by atoms with Crippen molar-refractivity contribution in [1.29, 1.82) is 5.26 Å². The Morgan fingerprint density at radius 2 is 1.88 bits per heavy atom. The summed E-state index contributed by atoms with van der Waals surface area (Å²) in [5, 5.41) is 20.7. The van der Waals surface area contributed by atoms with E-state index in [1.54, 1.807) is 18.2 Å². The summed E-state index contributed by atoms with van der Waals surface area (Å²) in [6.07, 6.45) is 0. The van der Waals surface area contributed by atoms with Crippen molar-refractivity contribution >= 4 is 11.7 Å². The minimum Gasteiger partial charge on any atom is -0.440 e. The number of nitro groups is 1. The number of nitriles is 1. The van der Waals surface area contributed by atoms with Crippen molar-refractivity contribution in [2.75, 3.05) is 0 Å². The number of ether oxygens (including phenoxy) is 2. The normalized spacial score (nSPS) is 14.7. The topological polar surface area (TPSA) is 128 Å². The average Bonchev–Trinajstić information content (AvgIpc) is 2.78. The number of fused-ring (bicyclic) bond motifs is 1. The number of carbonyl (C=O) groups is 1. The average molecular weight is 431 g/mol. The first-order valence-electron chi connectivity index (χ1n) is 9.31. The summed E-state index contributed by atoms with van der Waals surface area (Å²) in [6, 6.07) is 17.6. The number of benzene rings is 3. The third-order valence-corrected chi connectivity index (χ3v) is 4.93. The Kier molecular flexibility index (Phi) is 5.27. The smallest absolute Gasteiger partial charge is 0.350 e. The van der Waals surface area contributed by atoms with Gasteiger partial charge in [0.2, 0.25) is 5.88 Å². The minimum atomic E-state index is -0.913. The summed E-state index contributed by atoms with van der Waals surface area (Å²) in [7, 11) is 0. The molecule has 0 saturated carbocycles. The van der Waals surface area contributed by atoms with Gasteiger partial charge in [-0.3, -0.25) is 10.1 Å². The van der Waals surface area contributed by atoms with Crippen LogP contribution in [0.15, 0.2) is 78.2 Å². The number of nitrogens with two attached hydrogens (primary N) is 1. The van der Waals surface area contributed by atoms with Crippen LogP contribution in [0.4, 0.5) is 10.1 Å². The first-order chi connectivity index (χ1) is 15.4. The van der Waals surface area contributed by atoms with Crippen LogP contribution < -0.4 is 15.2 Å². The van der Waals surface area contributed by atoms with Gasteiger partial charge in [0.1, 0.15) is 34.5 Å². The molecular weight excluding hydrogens is 417 g/mol. The van der Waals surface area contributed by atoms with E-state index in [4.69, 9.17) is 15.2 Å². The highest BCUT2D eigenvalue weighted by Crippen LogP contribution is 2.43. The highest BCUT2D eigenvalue weighted by atomic mass is 19.1. The van der Waals surface area contributed by atoms with Crippen molar-refractivity contribution in [2.45, 2.75) is 5.92 Å². The molecule has 9 heteroatoms. The predicted molar refractivity (Wildman–Crippen MR) is 110 cm³/mol. The standard InChI is InChI=1S/C23H14FN3O5/c24-14-7-5-13(6-8-14)21-17-10-9-15(11-20(17)32-22(26)18(21)12-25)31-23(28)16-3-1-2-4-19(16)27(29)30/h1-11,21H,26H2. The Balaban J connectivity index is 1.70. The Morgan fingerprint density at radius 3 is 2.56 bits per heavy atom. The van der Waals surface area contributed by atoms with Crippen LogP contribution in [0.1, 0.15) is 27.4 Å². The first-order valence-corrected chi connectivity index (χ1v) is 9.31. The molecule has 8 nitrogen and oxygen atoms in total. The first kappa shape index (κ1) is 20.6. The molecule has 0 amide bonds. The van der Waals surface area contributed by atoms with Crippen LogP contribution in [0.2, 0.25) is 0 Å². The monoisotopic (exact) mass is 431 g/mol. The summed E-state index contributed by atoms with van der Waals surface area (Å²) >= 11 is 0. The van der Waals surface area contributed by atoms with E-state index in [9.17, 15) is 24.6 Å². The Morgan fingerprint density at radius 1 is 1.16 bits per heavy atom. The van der Waals surface area contributed by atoms with Crippen molar-refractivity contribution in [1.82, 2.24) is 0 Å². The lowest BCUT2D eigenvalue weighted by Crippen LogP contribution is -2.21. The van der Waals surface area contributed by atoms with E-state index in [-0.39, 0.29) is 34.2 Å². The lowest BCUT2D eigenvalue weighted by molar-refractivity contribution is -0.385. The van der Waals surface area contributed by atoms with Gasteiger partial charge in [-0.15, -0.1) is 0 Å². The van der Waals surface area contributed by atoms with Crippen LogP contribution in [0.3, 0.4) is 0 Å². The van der Waals surface area contributed by atoms with Gasteiger partial charge in [-0.2, -0.15) is 5.26 Å². The molecule has 0 bridgehead atoms. The number of para-hydroxylation sites is 1.